The van der Waals surface area contributed by atoms with Crippen LogP contribution in [-0.4, -0.2) is 31.5 Å². The number of rotatable bonds is 6. The Labute approximate surface area is 172 Å². The predicted octanol–water partition coefficient (Wildman–Crippen LogP) is 3.72. The minimum absolute atomic E-state index is 0.204. The third-order valence-corrected chi connectivity index (χ3v) is 5.18. The molecular weight excluding hydrogens is 422 g/mol. The van der Waals surface area contributed by atoms with Gasteiger partial charge in [-0.15, -0.1) is 0 Å². The molecule has 3 rings (SSSR count). The van der Waals surface area contributed by atoms with Crippen LogP contribution < -0.4 is 5.32 Å². The van der Waals surface area contributed by atoms with Crippen molar-refractivity contribution in [3.8, 4) is 0 Å². The van der Waals surface area contributed by atoms with E-state index in [9.17, 15) is 4.79 Å². The number of nitrogens with zero attached hydrogens (tertiary/aromatic N) is 2. The van der Waals surface area contributed by atoms with Crippen molar-refractivity contribution < 1.29 is 14.5 Å². The summed E-state index contributed by atoms with van der Waals surface area (Å²) in [6.07, 6.45) is 1.81. The summed E-state index contributed by atoms with van der Waals surface area (Å²) in [5.74, 6) is -0.324. The Morgan fingerprint density at radius 3 is 2.82 bits per heavy atom. The first-order chi connectivity index (χ1) is 13.5. The second-order valence-electron chi connectivity index (χ2n) is 6.42. The standard InChI is InChI=1S/C21H22BrN3O3/c1-13-5-4-6-16(20(25-27-3)21(26)23-2)18(13)12-28-24-19-10-8-14-7-9-15(22)11-17(14)19/h4-7,9,11H,8,10,12H2,1-3H3,(H,23,26)/b24-19+,25-20+. The number of halogens is 1. The average molecular weight is 444 g/mol. The largest absolute Gasteiger partial charge is 0.398 e. The minimum Gasteiger partial charge on any atom is -0.398 e. The Morgan fingerprint density at radius 2 is 2.07 bits per heavy atom. The lowest BCUT2D eigenvalue weighted by Crippen LogP contribution is -2.29. The quantitative estimate of drug-likeness (QED) is 0.545. The lowest BCUT2D eigenvalue weighted by Gasteiger charge is -2.13. The first-order valence-electron chi connectivity index (χ1n) is 8.95. The van der Waals surface area contributed by atoms with Crippen LogP contribution in [0.3, 0.4) is 0 Å². The highest BCUT2D eigenvalue weighted by molar-refractivity contribution is 9.10. The fraction of sp³-hybridized carbons (Fsp3) is 0.286. The van der Waals surface area contributed by atoms with Crippen LogP contribution in [-0.2, 0) is 27.5 Å². The molecule has 0 bridgehead atoms. The molecular formula is C21H22BrN3O3. The second-order valence-corrected chi connectivity index (χ2v) is 7.33. The topological polar surface area (TPSA) is 72.3 Å². The van der Waals surface area contributed by atoms with E-state index in [2.05, 4.69) is 43.7 Å². The summed E-state index contributed by atoms with van der Waals surface area (Å²) < 4.78 is 1.02. The van der Waals surface area contributed by atoms with Gasteiger partial charge in [-0.25, -0.2) is 0 Å². The summed E-state index contributed by atoms with van der Waals surface area (Å²) in [5.41, 5.74) is 6.02. The molecule has 0 atom stereocenters. The van der Waals surface area contributed by atoms with Crippen LogP contribution in [0.1, 0.15) is 34.2 Å². The number of hydrogen-bond donors (Lipinski definition) is 1. The number of benzene rings is 2. The molecule has 6 nitrogen and oxygen atoms in total. The van der Waals surface area contributed by atoms with Crippen molar-refractivity contribution in [1.82, 2.24) is 5.32 Å². The maximum atomic E-state index is 12.2. The van der Waals surface area contributed by atoms with E-state index < -0.39 is 0 Å². The fourth-order valence-electron chi connectivity index (χ4n) is 3.23. The van der Waals surface area contributed by atoms with Gasteiger partial charge in [0, 0.05) is 28.2 Å². The normalized spacial score (nSPS) is 14.7. The molecule has 1 aliphatic rings. The van der Waals surface area contributed by atoms with Gasteiger partial charge in [0.05, 0.1) is 5.71 Å². The van der Waals surface area contributed by atoms with Gasteiger partial charge in [-0.2, -0.15) is 0 Å². The van der Waals surface area contributed by atoms with E-state index in [-0.39, 0.29) is 18.2 Å². The molecule has 0 saturated heterocycles. The van der Waals surface area contributed by atoms with Crippen molar-refractivity contribution >= 4 is 33.3 Å². The van der Waals surface area contributed by atoms with Crippen molar-refractivity contribution in [2.45, 2.75) is 26.4 Å². The van der Waals surface area contributed by atoms with Crippen LogP contribution in [0.2, 0.25) is 0 Å². The smallest absolute Gasteiger partial charge is 0.273 e. The Bertz CT molecular complexity index is 954. The number of nitrogens with one attached hydrogen (secondary N) is 1. The molecule has 0 radical (unpaired) electrons. The van der Waals surface area contributed by atoms with E-state index in [1.54, 1.807) is 7.05 Å². The molecule has 7 heteroatoms. The van der Waals surface area contributed by atoms with Gasteiger partial charge >= 0.3 is 0 Å². The number of likely N-dealkylation sites (N-methyl/N-ethyl adjacent to an activating group) is 1. The lowest BCUT2D eigenvalue weighted by molar-refractivity contribution is -0.114. The maximum Gasteiger partial charge on any atom is 0.273 e. The molecule has 2 aromatic carbocycles. The molecule has 0 unspecified atom stereocenters. The molecule has 0 aliphatic heterocycles. The maximum absolute atomic E-state index is 12.2. The van der Waals surface area contributed by atoms with E-state index in [0.29, 0.717) is 5.56 Å². The fourth-order valence-corrected chi connectivity index (χ4v) is 3.59. The Morgan fingerprint density at radius 1 is 1.25 bits per heavy atom. The number of hydrogen-bond acceptors (Lipinski definition) is 5. The SMILES string of the molecule is CNC(=O)/C(=N/OC)c1cccc(C)c1CO/N=C1\CCc2ccc(Br)cc21. The second kappa shape index (κ2) is 9.01. The van der Waals surface area contributed by atoms with Gasteiger partial charge in [0.25, 0.3) is 5.91 Å². The van der Waals surface area contributed by atoms with Gasteiger partial charge < -0.3 is 15.0 Å². The zero-order chi connectivity index (χ0) is 20.1. The Hall–Kier alpha value is -2.67. The molecule has 146 valence electrons. The van der Waals surface area contributed by atoms with Crippen LogP contribution in [0.4, 0.5) is 0 Å². The highest BCUT2D eigenvalue weighted by atomic mass is 79.9. The van der Waals surface area contributed by atoms with Crippen molar-refractivity contribution in [2.75, 3.05) is 14.2 Å². The zero-order valence-electron chi connectivity index (χ0n) is 16.1. The molecule has 0 saturated carbocycles. The van der Waals surface area contributed by atoms with Crippen molar-refractivity contribution in [3.05, 3.63) is 68.7 Å². The predicted molar refractivity (Wildman–Crippen MR) is 113 cm³/mol. The number of amides is 1. The van der Waals surface area contributed by atoms with Crippen molar-refractivity contribution in [1.29, 1.82) is 0 Å². The number of aryl methyl sites for hydroxylation is 2. The van der Waals surface area contributed by atoms with E-state index in [0.717, 1.165) is 39.7 Å². The third-order valence-electron chi connectivity index (χ3n) is 4.69. The van der Waals surface area contributed by atoms with Gasteiger partial charge in [-0.1, -0.05) is 50.5 Å². The first-order valence-corrected chi connectivity index (χ1v) is 9.74. The van der Waals surface area contributed by atoms with Gasteiger partial charge in [-0.3, -0.25) is 4.79 Å². The molecule has 0 heterocycles. The molecule has 1 amide bonds. The van der Waals surface area contributed by atoms with E-state index in [4.69, 9.17) is 9.68 Å². The van der Waals surface area contributed by atoms with Crippen molar-refractivity contribution in [2.24, 2.45) is 10.3 Å². The molecule has 2 aromatic rings. The molecule has 0 spiro atoms. The average Bonchev–Trinajstić information content (AvgIpc) is 3.09. The van der Waals surface area contributed by atoms with E-state index in [1.165, 1.54) is 12.7 Å². The highest BCUT2D eigenvalue weighted by Crippen LogP contribution is 2.26. The van der Waals surface area contributed by atoms with Crippen LogP contribution in [0.5, 0.6) is 0 Å². The van der Waals surface area contributed by atoms with Crippen LogP contribution in [0, 0.1) is 6.92 Å². The molecule has 0 aromatic heterocycles. The van der Waals surface area contributed by atoms with Crippen LogP contribution in [0.25, 0.3) is 0 Å². The highest BCUT2D eigenvalue weighted by Gasteiger charge is 2.20. The third kappa shape index (κ3) is 4.25. The summed E-state index contributed by atoms with van der Waals surface area (Å²) in [5, 5.41) is 10.9. The molecule has 1 N–H and O–H groups in total. The zero-order valence-corrected chi connectivity index (χ0v) is 17.7. The van der Waals surface area contributed by atoms with Gasteiger partial charge in [0.1, 0.15) is 13.7 Å². The number of oxime groups is 2. The van der Waals surface area contributed by atoms with Gasteiger partial charge in [0.2, 0.25) is 0 Å². The summed E-state index contributed by atoms with van der Waals surface area (Å²) in [7, 11) is 2.97. The summed E-state index contributed by atoms with van der Waals surface area (Å²) in [6, 6.07) is 11.9. The number of carbonyl (C=O) groups excluding carboxylic acids is 1. The number of carbonyl (C=O) groups is 1. The monoisotopic (exact) mass is 443 g/mol. The summed E-state index contributed by atoms with van der Waals surface area (Å²) >= 11 is 3.51. The van der Waals surface area contributed by atoms with Gasteiger partial charge in [-0.05, 0) is 43.0 Å². The van der Waals surface area contributed by atoms with Crippen LogP contribution >= 0.6 is 15.9 Å². The minimum atomic E-state index is -0.324. The van der Waals surface area contributed by atoms with Crippen molar-refractivity contribution in [3.63, 3.8) is 0 Å². The Balaban J connectivity index is 1.86. The van der Waals surface area contributed by atoms with E-state index in [1.807, 2.05) is 31.2 Å². The van der Waals surface area contributed by atoms with Gasteiger partial charge in [0.15, 0.2) is 5.71 Å². The molecule has 1 aliphatic carbocycles. The summed E-state index contributed by atoms with van der Waals surface area (Å²) in [6.45, 7) is 2.19. The Kier molecular flexibility index (Phi) is 6.46. The van der Waals surface area contributed by atoms with E-state index >= 15 is 0 Å². The lowest BCUT2D eigenvalue weighted by atomic mass is 9.98. The molecule has 0 fully saturated rings. The first kappa shape index (κ1) is 20.1. The summed E-state index contributed by atoms with van der Waals surface area (Å²) in [4.78, 5) is 22.8. The molecule has 28 heavy (non-hydrogen) atoms. The number of fused-ring (bicyclic) bond motifs is 1. The van der Waals surface area contributed by atoms with Crippen LogP contribution in [0.15, 0.2) is 51.2 Å².